The van der Waals surface area contributed by atoms with Crippen LogP contribution >= 0.6 is 0 Å². The summed E-state index contributed by atoms with van der Waals surface area (Å²) in [6, 6.07) is 12.0. The van der Waals surface area contributed by atoms with Gasteiger partial charge in [0.05, 0.1) is 6.04 Å². The van der Waals surface area contributed by atoms with E-state index >= 15 is 0 Å². The summed E-state index contributed by atoms with van der Waals surface area (Å²) < 4.78 is 7.62. The number of carbonyl (C=O) groups excluding carboxylic acids is 1. The molecule has 0 spiro atoms. The lowest BCUT2D eigenvalue weighted by atomic mass is 10.1. The SMILES string of the molecule is Cc1cc(C)c(OCC(=O)Nc2cccc(-c3nnnn3C3CC3)c2)c(C)c1. The van der Waals surface area contributed by atoms with Gasteiger partial charge in [-0.25, -0.2) is 4.68 Å². The van der Waals surface area contributed by atoms with Gasteiger partial charge >= 0.3 is 0 Å². The number of hydrogen-bond acceptors (Lipinski definition) is 5. The zero-order valence-corrected chi connectivity index (χ0v) is 16.3. The topological polar surface area (TPSA) is 81.9 Å². The first kappa shape index (κ1) is 18.2. The summed E-state index contributed by atoms with van der Waals surface area (Å²) in [5.41, 5.74) is 4.80. The van der Waals surface area contributed by atoms with Crippen molar-refractivity contribution in [1.29, 1.82) is 0 Å². The Kier molecular flexibility index (Phi) is 4.81. The van der Waals surface area contributed by atoms with Crippen LogP contribution in [0.1, 0.15) is 35.6 Å². The zero-order valence-electron chi connectivity index (χ0n) is 16.3. The largest absolute Gasteiger partial charge is 0.483 e. The fraction of sp³-hybridized carbons (Fsp3) is 0.333. The van der Waals surface area contributed by atoms with Gasteiger partial charge in [0.15, 0.2) is 12.4 Å². The monoisotopic (exact) mass is 377 g/mol. The number of carbonyl (C=O) groups is 1. The second kappa shape index (κ2) is 7.42. The quantitative estimate of drug-likeness (QED) is 0.709. The average Bonchev–Trinajstić information content (AvgIpc) is 3.37. The van der Waals surface area contributed by atoms with Crippen LogP contribution in [0.25, 0.3) is 11.4 Å². The zero-order chi connectivity index (χ0) is 19.7. The second-order valence-corrected chi connectivity index (χ2v) is 7.32. The number of aryl methyl sites for hydroxylation is 3. The molecule has 1 heterocycles. The molecule has 1 amide bonds. The predicted octanol–water partition coefficient (Wildman–Crippen LogP) is 3.62. The van der Waals surface area contributed by atoms with Crippen LogP contribution in [-0.4, -0.2) is 32.7 Å². The van der Waals surface area contributed by atoms with E-state index in [-0.39, 0.29) is 12.5 Å². The molecule has 1 N–H and O–H groups in total. The normalized spacial score (nSPS) is 13.4. The van der Waals surface area contributed by atoms with E-state index < -0.39 is 0 Å². The standard InChI is InChI=1S/C21H23N5O2/c1-13-9-14(2)20(15(3)10-13)28-12-19(27)22-17-6-4-5-16(11-17)21-23-24-25-26(21)18-7-8-18/h4-6,9-11,18H,7-8,12H2,1-3H3,(H,22,27). The van der Waals surface area contributed by atoms with Gasteiger partial charge in [-0.15, -0.1) is 5.10 Å². The van der Waals surface area contributed by atoms with Crippen LogP contribution in [0.5, 0.6) is 5.75 Å². The maximum absolute atomic E-state index is 12.4. The van der Waals surface area contributed by atoms with Crippen molar-refractivity contribution in [2.45, 2.75) is 39.7 Å². The molecule has 1 aliphatic rings. The fourth-order valence-electron chi connectivity index (χ4n) is 3.41. The van der Waals surface area contributed by atoms with Crippen LogP contribution in [0.3, 0.4) is 0 Å². The van der Waals surface area contributed by atoms with Gasteiger partial charge in [0.2, 0.25) is 0 Å². The Bertz CT molecular complexity index is 1000. The molecule has 0 bridgehead atoms. The number of aromatic nitrogens is 4. The minimum absolute atomic E-state index is 0.0468. The Morgan fingerprint density at radius 1 is 1.18 bits per heavy atom. The van der Waals surface area contributed by atoms with Crippen LogP contribution in [0.4, 0.5) is 5.69 Å². The summed E-state index contributed by atoms with van der Waals surface area (Å²) in [7, 11) is 0. The van der Waals surface area contributed by atoms with Crippen LogP contribution in [-0.2, 0) is 4.79 Å². The number of benzene rings is 2. The van der Waals surface area contributed by atoms with E-state index in [2.05, 4.69) is 20.8 Å². The Morgan fingerprint density at radius 3 is 2.64 bits per heavy atom. The van der Waals surface area contributed by atoms with E-state index in [1.165, 1.54) is 5.56 Å². The third-order valence-electron chi connectivity index (χ3n) is 4.74. The lowest BCUT2D eigenvalue weighted by molar-refractivity contribution is -0.118. The van der Waals surface area contributed by atoms with E-state index in [0.717, 1.165) is 41.1 Å². The molecule has 0 aliphatic heterocycles. The summed E-state index contributed by atoms with van der Waals surface area (Å²) in [5.74, 6) is 1.28. The molecule has 3 aromatic rings. The van der Waals surface area contributed by atoms with Gasteiger partial charge in [0, 0.05) is 11.3 Å². The molecule has 1 saturated carbocycles. The number of nitrogens with zero attached hydrogens (tertiary/aromatic N) is 4. The van der Waals surface area contributed by atoms with Crippen LogP contribution in [0, 0.1) is 20.8 Å². The number of ether oxygens (including phenoxy) is 1. The molecule has 144 valence electrons. The van der Waals surface area contributed by atoms with E-state index in [1.807, 2.05) is 61.9 Å². The minimum atomic E-state index is -0.210. The summed E-state index contributed by atoms with van der Waals surface area (Å²) in [5, 5.41) is 14.9. The first-order chi connectivity index (χ1) is 13.5. The Hall–Kier alpha value is -3.22. The minimum Gasteiger partial charge on any atom is -0.483 e. The highest BCUT2D eigenvalue weighted by Gasteiger charge is 2.28. The maximum atomic E-state index is 12.4. The molecular formula is C21H23N5O2. The van der Waals surface area contributed by atoms with Gasteiger partial charge < -0.3 is 10.1 Å². The van der Waals surface area contributed by atoms with Gasteiger partial charge in [-0.1, -0.05) is 29.8 Å². The summed E-state index contributed by atoms with van der Waals surface area (Å²) in [6.45, 7) is 5.97. The van der Waals surface area contributed by atoms with Gasteiger partial charge in [-0.2, -0.15) is 0 Å². The molecule has 1 aliphatic carbocycles. The number of tetrazole rings is 1. The Morgan fingerprint density at radius 2 is 1.93 bits per heavy atom. The number of amides is 1. The van der Waals surface area contributed by atoms with Gasteiger partial charge in [0.1, 0.15) is 5.75 Å². The molecule has 0 atom stereocenters. The molecule has 28 heavy (non-hydrogen) atoms. The van der Waals surface area contributed by atoms with Crippen molar-refractivity contribution in [1.82, 2.24) is 20.2 Å². The Balaban J connectivity index is 1.43. The van der Waals surface area contributed by atoms with Crippen molar-refractivity contribution >= 4 is 11.6 Å². The van der Waals surface area contributed by atoms with Crippen molar-refractivity contribution in [3.8, 4) is 17.1 Å². The van der Waals surface area contributed by atoms with E-state index in [4.69, 9.17) is 4.74 Å². The maximum Gasteiger partial charge on any atom is 0.262 e. The molecule has 4 rings (SSSR count). The lowest BCUT2D eigenvalue weighted by Crippen LogP contribution is -2.20. The summed E-state index contributed by atoms with van der Waals surface area (Å²) >= 11 is 0. The molecule has 1 fully saturated rings. The molecule has 2 aromatic carbocycles. The molecule has 0 radical (unpaired) electrons. The second-order valence-electron chi connectivity index (χ2n) is 7.32. The number of anilines is 1. The highest BCUT2D eigenvalue weighted by Crippen LogP contribution is 2.36. The number of hydrogen-bond donors (Lipinski definition) is 1. The van der Waals surface area contributed by atoms with E-state index in [0.29, 0.717) is 11.7 Å². The first-order valence-corrected chi connectivity index (χ1v) is 9.40. The summed E-state index contributed by atoms with van der Waals surface area (Å²) in [6.07, 6.45) is 2.20. The van der Waals surface area contributed by atoms with Gasteiger partial charge in [0.25, 0.3) is 5.91 Å². The smallest absolute Gasteiger partial charge is 0.262 e. The van der Waals surface area contributed by atoms with Crippen LogP contribution in [0.15, 0.2) is 36.4 Å². The van der Waals surface area contributed by atoms with Crippen molar-refractivity contribution in [3.63, 3.8) is 0 Å². The van der Waals surface area contributed by atoms with Crippen molar-refractivity contribution in [2.24, 2.45) is 0 Å². The highest BCUT2D eigenvalue weighted by atomic mass is 16.5. The Labute approximate surface area is 163 Å². The van der Waals surface area contributed by atoms with E-state index in [9.17, 15) is 4.79 Å². The fourth-order valence-corrected chi connectivity index (χ4v) is 3.41. The molecule has 0 unspecified atom stereocenters. The molecule has 7 heteroatoms. The predicted molar refractivity (Wildman–Crippen MR) is 106 cm³/mol. The van der Waals surface area contributed by atoms with Crippen molar-refractivity contribution in [2.75, 3.05) is 11.9 Å². The molecular weight excluding hydrogens is 354 g/mol. The third kappa shape index (κ3) is 3.88. The molecule has 0 saturated heterocycles. The first-order valence-electron chi connectivity index (χ1n) is 9.40. The van der Waals surface area contributed by atoms with E-state index in [1.54, 1.807) is 0 Å². The average molecular weight is 377 g/mol. The van der Waals surface area contributed by atoms with Gasteiger partial charge in [-0.3, -0.25) is 4.79 Å². The third-order valence-corrected chi connectivity index (χ3v) is 4.74. The molecule has 7 nitrogen and oxygen atoms in total. The summed E-state index contributed by atoms with van der Waals surface area (Å²) in [4.78, 5) is 12.4. The van der Waals surface area contributed by atoms with Crippen molar-refractivity contribution in [3.05, 3.63) is 53.1 Å². The molecule has 1 aromatic heterocycles. The highest BCUT2D eigenvalue weighted by molar-refractivity contribution is 5.92. The number of rotatable bonds is 6. The van der Waals surface area contributed by atoms with Crippen LogP contribution < -0.4 is 10.1 Å². The number of nitrogens with one attached hydrogen (secondary N) is 1. The van der Waals surface area contributed by atoms with Crippen LogP contribution in [0.2, 0.25) is 0 Å². The lowest BCUT2D eigenvalue weighted by Gasteiger charge is -2.13. The van der Waals surface area contributed by atoms with Crippen molar-refractivity contribution < 1.29 is 9.53 Å². The van der Waals surface area contributed by atoms with Gasteiger partial charge in [-0.05, 0) is 67.3 Å².